The third kappa shape index (κ3) is 5.02. The van der Waals surface area contributed by atoms with Crippen LogP contribution in [-0.4, -0.2) is 23.3 Å². The molecule has 0 unspecified atom stereocenters. The minimum absolute atomic E-state index is 0.294. The van der Waals surface area contributed by atoms with Crippen LogP contribution in [0.2, 0.25) is 0 Å². The van der Waals surface area contributed by atoms with Gasteiger partial charge in [-0.2, -0.15) is 0 Å². The molecule has 0 saturated carbocycles. The first-order valence-corrected chi connectivity index (χ1v) is 8.70. The van der Waals surface area contributed by atoms with Crippen LogP contribution < -0.4 is 15.5 Å². The largest absolute Gasteiger partial charge is 0.345 e. The number of carbonyl (C=O) groups excluding carboxylic acids is 1. The third-order valence-electron chi connectivity index (χ3n) is 3.52. The first kappa shape index (κ1) is 16.9. The lowest BCUT2D eigenvalue weighted by Gasteiger charge is -2.14. The normalized spacial score (nSPS) is 10.3. The first-order chi connectivity index (χ1) is 12.2. The highest BCUT2D eigenvalue weighted by Gasteiger charge is 2.11. The lowest BCUT2D eigenvalue weighted by atomic mass is 10.2. The van der Waals surface area contributed by atoms with Crippen LogP contribution in [0.5, 0.6) is 0 Å². The Morgan fingerprint density at radius 1 is 1.00 bits per heavy atom. The summed E-state index contributed by atoms with van der Waals surface area (Å²) < 4.78 is 0. The van der Waals surface area contributed by atoms with Gasteiger partial charge in [0.25, 0.3) is 0 Å². The zero-order valence-corrected chi connectivity index (χ0v) is 14.7. The molecular weight excluding hydrogens is 334 g/mol. The minimum Gasteiger partial charge on any atom is -0.345 e. The van der Waals surface area contributed by atoms with Gasteiger partial charge in [-0.1, -0.05) is 72.0 Å². The van der Waals surface area contributed by atoms with Crippen LogP contribution in [0.25, 0.3) is 0 Å². The molecule has 3 rings (SSSR count). The number of benzene rings is 2. The molecule has 0 spiro atoms. The van der Waals surface area contributed by atoms with E-state index in [1.807, 2.05) is 60.5 Å². The molecular formula is C18H19N5OS. The van der Waals surface area contributed by atoms with E-state index in [9.17, 15) is 4.79 Å². The molecule has 7 heteroatoms. The maximum Gasteiger partial charge on any atom is 0.321 e. The maximum atomic E-state index is 12.0. The Kier molecular flexibility index (Phi) is 5.58. The van der Waals surface area contributed by atoms with E-state index in [2.05, 4.69) is 33.0 Å². The van der Waals surface area contributed by atoms with Crippen LogP contribution in [0.1, 0.15) is 11.1 Å². The number of urea groups is 1. The van der Waals surface area contributed by atoms with Crippen molar-refractivity contribution >= 4 is 27.6 Å². The predicted molar refractivity (Wildman–Crippen MR) is 101 cm³/mol. The number of rotatable bonds is 6. The number of anilines is 2. The van der Waals surface area contributed by atoms with Crippen molar-refractivity contribution in [1.82, 2.24) is 15.5 Å². The highest BCUT2D eigenvalue weighted by Crippen LogP contribution is 2.24. The molecule has 128 valence electrons. The summed E-state index contributed by atoms with van der Waals surface area (Å²) in [5.74, 6) is 0. The average molecular weight is 353 g/mol. The summed E-state index contributed by atoms with van der Waals surface area (Å²) in [4.78, 5) is 14.0. The molecule has 0 atom stereocenters. The average Bonchev–Trinajstić information content (AvgIpc) is 3.10. The van der Waals surface area contributed by atoms with E-state index >= 15 is 0 Å². The van der Waals surface area contributed by atoms with Gasteiger partial charge in [-0.25, -0.2) is 4.79 Å². The zero-order valence-electron chi connectivity index (χ0n) is 13.8. The van der Waals surface area contributed by atoms with Crippen molar-refractivity contribution in [2.75, 3.05) is 17.3 Å². The summed E-state index contributed by atoms with van der Waals surface area (Å²) in [6.07, 6.45) is 0. The van der Waals surface area contributed by atoms with E-state index in [1.165, 1.54) is 16.9 Å². The monoisotopic (exact) mass is 353 g/mol. The topological polar surface area (TPSA) is 70.2 Å². The Bertz CT molecular complexity index is 807. The number of nitrogens with one attached hydrogen (secondary N) is 2. The van der Waals surface area contributed by atoms with Gasteiger partial charge in [0.2, 0.25) is 10.3 Å². The molecule has 6 nitrogen and oxygen atoms in total. The van der Waals surface area contributed by atoms with E-state index in [0.717, 1.165) is 17.2 Å². The van der Waals surface area contributed by atoms with Crippen LogP contribution in [0.3, 0.4) is 0 Å². The summed E-state index contributed by atoms with van der Waals surface area (Å²) in [7, 11) is 1.95. The van der Waals surface area contributed by atoms with Gasteiger partial charge in [-0.3, -0.25) is 5.32 Å². The smallest absolute Gasteiger partial charge is 0.321 e. The Morgan fingerprint density at radius 3 is 2.32 bits per heavy atom. The molecule has 2 N–H and O–H groups in total. The summed E-state index contributed by atoms with van der Waals surface area (Å²) in [5, 5.41) is 14.9. The minimum atomic E-state index is -0.294. The predicted octanol–water partition coefficient (Wildman–Crippen LogP) is 3.50. The van der Waals surface area contributed by atoms with Crippen molar-refractivity contribution < 1.29 is 4.79 Å². The van der Waals surface area contributed by atoms with Crippen LogP contribution in [0.15, 0.2) is 60.7 Å². The maximum absolute atomic E-state index is 12.0. The molecule has 2 aromatic carbocycles. The summed E-state index contributed by atoms with van der Waals surface area (Å²) in [6.45, 7) is 1.20. The lowest BCUT2D eigenvalue weighted by Crippen LogP contribution is -2.28. The van der Waals surface area contributed by atoms with Gasteiger partial charge >= 0.3 is 6.03 Å². The molecule has 0 aliphatic rings. The number of aromatic nitrogens is 2. The van der Waals surface area contributed by atoms with Gasteiger partial charge in [-0.15, -0.1) is 10.2 Å². The molecule has 3 aromatic rings. The Hall–Kier alpha value is -2.93. The van der Waals surface area contributed by atoms with E-state index in [4.69, 9.17) is 0 Å². The van der Waals surface area contributed by atoms with Gasteiger partial charge < -0.3 is 10.2 Å². The number of hydrogen-bond acceptors (Lipinski definition) is 5. The summed E-state index contributed by atoms with van der Waals surface area (Å²) in [5.41, 5.74) is 2.23. The molecule has 0 aliphatic heterocycles. The van der Waals surface area contributed by atoms with Crippen molar-refractivity contribution in [1.29, 1.82) is 0 Å². The third-order valence-corrected chi connectivity index (χ3v) is 4.47. The summed E-state index contributed by atoms with van der Waals surface area (Å²) >= 11 is 1.34. The second kappa shape index (κ2) is 8.25. The van der Waals surface area contributed by atoms with E-state index < -0.39 is 0 Å². The standard InChI is InChI=1S/C18H19N5OS/c1-23(13-15-10-6-3-7-11-15)18-22-21-17(25-18)20-16(24)19-12-14-8-4-2-5-9-14/h2-11H,12-13H2,1H3,(H2,19,20,21,24). The van der Waals surface area contributed by atoms with E-state index in [-0.39, 0.29) is 6.03 Å². The fourth-order valence-corrected chi connectivity index (χ4v) is 2.97. The molecule has 25 heavy (non-hydrogen) atoms. The van der Waals surface area contributed by atoms with Crippen LogP contribution >= 0.6 is 11.3 Å². The quantitative estimate of drug-likeness (QED) is 0.712. The van der Waals surface area contributed by atoms with Crippen molar-refractivity contribution in [2.24, 2.45) is 0 Å². The van der Waals surface area contributed by atoms with Crippen molar-refractivity contribution in [3.8, 4) is 0 Å². The Balaban J connectivity index is 1.51. The number of amides is 2. The number of nitrogens with zero attached hydrogens (tertiary/aromatic N) is 3. The molecule has 1 aromatic heterocycles. The van der Waals surface area contributed by atoms with Crippen molar-refractivity contribution in [3.05, 3.63) is 71.8 Å². The fraction of sp³-hybridized carbons (Fsp3) is 0.167. The van der Waals surface area contributed by atoms with Crippen LogP contribution in [-0.2, 0) is 13.1 Å². The Labute approximate surface area is 150 Å². The molecule has 0 aliphatic carbocycles. The van der Waals surface area contributed by atoms with Crippen molar-refractivity contribution in [2.45, 2.75) is 13.1 Å². The molecule has 0 saturated heterocycles. The van der Waals surface area contributed by atoms with Gasteiger partial charge in [0, 0.05) is 20.1 Å². The van der Waals surface area contributed by atoms with E-state index in [0.29, 0.717) is 11.7 Å². The SMILES string of the molecule is CN(Cc1ccccc1)c1nnc(NC(=O)NCc2ccccc2)s1. The lowest BCUT2D eigenvalue weighted by molar-refractivity contribution is 0.251. The van der Waals surface area contributed by atoms with Crippen LogP contribution in [0, 0.1) is 0 Å². The number of hydrogen-bond donors (Lipinski definition) is 2. The highest BCUT2D eigenvalue weighted by molar-refractivity contribution is 7.19. The van der Waals surface area contributed by atoms with Gasteiger partial charge in [0.15, 0.2) is 0 Å². The fourth-order valence-electron chi connectivity index (χ4n) is 2.26. The molecule has 0 radical (unpaired) electrons. The highest BCUT2D eigenvalue weighted by atomic mass is 32.1. The first-order valence-electron chi connectivity index (χ1n) is 7.88. The second-order valence-corrected chi connectivity index (χ2v) is 6.48. The molecule has 1 heterocycles. The van der Waals surface area contributed by atoms with Gasteiger partial charge in [-0.05, 0) is 11.1 Å². The second-order valence-electron chi connectivity index (χ2n) is 5.52. The number of carbonyl (C=O) groups is 1. The van der Waals surface area contributed by atoms with Crippen LogP contribution in [0.4, 0.5) is 15.1 Å². The van der Waals surface area contributed by atoms with E-state index in [1.54, 1.807) is 0 Å². The Morgan fingerprint density at radius 2 is 1.64 bits per heavy atom. The van der Waals surface area contributed by atoms with Gasteiger partial charge in [0.05, 0.1) is 0 Å². The van der Waals surface area contributed by atoms with Gasteiger partial charge in [0.1, 0.15) is 0 Å². The molecule has 2 amide bonds. The summed E-state index contributed by atoms with van der Waals surface area (Å²) in [6, 6.07) is 19.6. The van der Waals surface area contributed by atoms with Crippen molar-refractivity contribution in [3.63, 3.8) is 0 Å². The zero-order chi connectivity index (χ0) is 17.5. The molecule has 0 bridgehead atoms. The molecule has 0 fully saturated rings.